The Morgan fingerprint density at radius 1 is 1.15 bits per heavy atom. The highest BCUT2D eigenvalue weighted by Crippen LogP contribution is 2.20. The third-order valence-corrected chi connectivity index (χ3v) is 5.07. The van der Waals surface area contributed by atoms with E-state index in [-0.39, 0.29) is 5.91 Å². The molecule has 1 heterocycles. The highest BCUT2D eigenvalue weighted by Gasteiger charge is 2.13. The van der Waals surface area contributed by atoms with Gasteiger partial charge in [0.2, 0.25) is 0 Å². The fourth-order valence-corrected chi connectivity index (χ4v) is 3.50. The number of amides is 1. The Morgan fingerprint density at radius 3 is 2.67 bits per heavy atom. The number of benzene rings is 1. The molecule has 2 aromatic rings. The summed E-state index contributed by atoms with van der Waals surface area (Å²) < 4.78 is 5.22. The maximum Gasteiger partial charge on any atom is 0.252 e. The predicted molar refractivity (Wildman–Crippen MR) is 108 cm³/mol. The van der Waals surface area contributed by atoms with Gasteiger partial charge in [-0.25, -0.2) is 4.98 Å². The van der Waals surface area contributed by atoms with E-state index in [2.05, 4.69) is 15.6 Å². The van der Waals surface area contributed by atoms with Crippen LogP contribution in [0.2, 0.25) is 0 Å². The molecule has 0 spiro atoms. The number of carbonyl (C=O) groups excluding carboxylic acids is 1. The second kappa shape index (κ2) is 9.95. The van der Waals surface area contributed by atoms with Gasteiger partial charge in [0, 0.05) is 18.8 Å². The maximum absolute atomic E-state index is 12.3. The Bertz CT molecular complexity index is 723. The first-order valence-corrected chi connectivity index (χ1v) is 9.88. The molecule has 0 atom stereocenters. The zero-order chi connectivity index (χ0) is 18.9. The van der Waals surface area contributed by atoms with Crippen LogP contribution in [-0.4, -0.2) is 30.6 Å². The minimum absolute atomic E-state index is 0.0913. The van der Waals surface area contributed by atoms with Crippen molar-refractivity contribution < 1.29 is 9.53 Å². The minimum atomic E-state index is -0.0913. The van der Waals surface area contributed by atoms with Crippen molar-refractivity contribution in [2.75, 3.05) is 19.0 Å². The second-order valence-corrected chi connectivity index (χ2v) is 7.12. The number of carbonyl (C=O) groups is 1. The summed E-state index contributed by atoms with van der Waals surface area (Å²) in [7, 11) is 1.65. The van der Waals surface area contributed by atoms with E-state index in [1.54, 1.807) is 13.3 Å². The molecule has 1 fully saturated rings. The van der Waals surface area contributed by atoms with Gasteiger partial charge in [-0.1, -0.05) is 37.8 Å². The average molecular weight is 367 g/mol. The van der Waals surface area contributed by atoms with Crippen LogP contribution in [0.25, 0.3) is 0 Å². The van der Waals surface area contributed by atoms with Crippen molar-refractivity contribution in [3.8, 4) is 5.75 Å². The van der Waals surface area contributed by atoms with E-state index in [1.165, 1.54) is 38.5 Å². The quantitative estimate of drug-likeness (QED) is 0.720. The van der Waals surface area contributed by atoms with E-state index in [4.69, 9.17) is 4.74 Å². The zero-order valence-corrected chi connectivity index (χ0v) is 16.0. The second-order valence-electron chi connectivity index (χ2n) is 7.12. The molecule has 0 saturated heterocycles. The van der Waals surface area contributed by atoms with E-state index in [9.17, 15) is 4.79 Å². The lowest BCUT2D eigenvalue weighted by Crippen LogP contribution is -2.26. The topological polar surface area (TPSA) is 63.2 Å². The molecule has 0 radical (unpaired) electrons. The summed E-state index contributed by atoms with van der Waals surface area (Å²) in [6.45, 7) is 0.577. The monoisotopic (exact) mass is 367 g/mol. The number of anilines is 1. The molecule has 5 nitrogen and oxygen atoms in total. The molecule has 144 valence electrons. The highest BCUT2D eigenvalue weighted by molar-refractivity contribution is 5.94. The van der Waals surface area contributed by atoms with Crippen LogP contribution in [0.5, 0.6) is 5.75 Å². The van der Waals surface area contributed by atoms with Crippen LogP contribution in [0.1, 0.15) is 54.4 Å². The van der Waals surface area contributed by atoms with E-state index in [0.29, 0.717) is 18.2 Å². The van der Waals surface area contributed by atoms with Crippen LogP contribution in [0.4, 0.5) is 5.82 Å². The fourth-order valence-electron chi connectivity index (χ4n) is 3.50. The lowest BCUT2D eigenvalue weighted by atomic mass is 10.1. The Kier molecular flexibility index (Phi) is 7.08. The number of rotatable bonds is 7. The minimum Gasteiger partial charge on any atom is -0.497 e. The molecule has 1 aromatic heterocycles. The standard InChI is InChI=1S/C22H29N3O2/c1-27-20-10-6-7-17(15-20)13-14-23-22(26)18-11-12-21(24-16-18)25-19-8-4-2-3-5-9-19/h6-7,10-12,15-16,19H,2-5,8-9,13-14H2,1H3,(H,23,26)(H,24,25). The van der Waals surface area contributed by atoms with Gasteiger partial charge in [-0.15, -0.1) is 0 Å². The first kappa shape index (κ1) is 19.2. The molecular weight excluding hydrogens is 338 g/mol. The molecular formula is C22H29N3O2. The number of hydrogen-bond donors (Lipinski definition) is 2. The summed E-state index contributed by atoms with van der Waals surface area (Å²) in [5.74, 6) is 1.60. The number of methoxy groups -OCH3 is 1. The normalized spacial score (nSPS) is 15.0. The maximum atomic E-state index is 12.3. The molecule has 5 heteroatoms. The summed E-state index contributed by atoms with van der Waals surface area (Å²) in [5, 5.41) is 6.46. The molecule has 1 aromatic carbocycles. The van der Waals surface area contributed by atoms with Crippen molar-refractivity contribution in [2.45, 2.75) is 51.0 Å². The van der Waals surface area contributed by atoms with E-state index in [0.717, 1.165) is 23.6 Å². The van der Waals surface area contributed by atoms with Gasteiger partial charge < -0.3 is 15.4 Å². The third-order valence-electron chi connectivity index (χ3n) is 5.07. The van der Waals surface area contributed by atoms with Crippen molar-refractivity contribution in [1.82, 2.24) is 10.3 Å². The fraction of sp³-hybridized carbons (Fsp3) is 0.455. The molecule has 0 unspecified atom stereocenters. The van der Waals surface area contributed by atoms with Crippen LogP contribution in [0, 0.1) is 0 Å². The smallest absolute Gasteiger partial charge is 0.252 e. The number of hydrogen-bond acceptors (Lipinski definition) is 4. The average Bonchev–Trinajstić information content (AvgIpc) is 2.97. The van der Waals surface area contributed by atoms with Gasteiger partial charge in [-0.3, -0.25) is 4.79 Å². The van der Waals surface area contributed by atoms with Crippen LogP contribution < -0.4 is 15.4 Å². The van der Waals surface area contributed by atoms with E-state index < -0.39 is 0 Å². The predicted octanol–water partition coefficient (Wildman–Crippen LogP) is 4.20. The Labute approximate surface area is 161 Å². The van der Waals surface area contributed by atoms with Crippen molar-refractivity contribution in [3.63, 3.8) is 0 Å². The van der Waals surface area contributed by atoms with Crippen molar-refractivity contribution >= 4 is 11.7 Å². The number of nitrogens with one attached hydrogen (secondary N) is 2. The number of aromatic nitrogens is 1. The lowest BCUT2D eigenvalue weighted by Gasteiger charge is -2.16. The molecule has 1 aliphatic rings. The van der Waals surface area contributed by atoms with Crippen LogP contribution in [-0.2, 0) is 6.42 Å². The van der Waals surface area contributed by atoms with Gasteiger partial charge >= 0.3 is 0 Å². The van der Waals surface area contributed by atoms with Crippen LogP contribution >= 0.6 is 0 Å². The number of pyridine rings is 1. The summed E-state index contributed by atoms with van der Waals surface area (Å²) in [6.07, 6.45) is 10.1. The SMILES string of the molecule is COc1cccc(CCNC(=O)c2ccc(NC3CCCCCC3)nc2)c1. The van der Waals surface area contributed by atoms with Gasteiger partial charge in [0.1, 0.15) is 11.6 Å². The van der Waals surface area contributed by atoms with Gasteiger partial charge in [-0.05, 0) is 49.1 Å². The molecule has 1 aliphatic carbocycles. The molecule has 3 rings (SSSR count). The van der Waals surface area contributed by atoms with Crippen LogP contribution in [0.3, 0.4) is 0 Å². The molecule has 27 heavy (non-hydrogen) atoms. The zero-order valence-electron chi connectivity index (χ0n) is 16.0. The first-order chi connectivity index (χ1) is 13.2. The Balaban J connectivity index is 1.46. The molecule has 0 bridgehead atoms. The molecule has 0 aliphatic heterocycles. The molecule has 1 amide bonds. The Hall–Kier alpha value is -2.56. The molecule has 2 N–H and O–H groups in total. The lowest BCUT2D eigenvalue weighted by molar-refractivity contribution is 0.0954. The van der Waals surface area contributed by atoms with Crippen molar-refractivity contribution in [1.29, 1.82) is 0 Å². The van der Waals surface area contributed by atoms with E-state index in [1.807, 2.05) is 36.4 Å². The van der Waals surface area contributed by atoms with Gasteiger partial charge in [0.15, 0.2) is 0 Å². The Morgan fingerprint density at radius 2 is 1.96 bits per heavy atom. The third kappa shape index (κ3) is 5.98. The van der Waals surface area contributed by atoms with Crippen molar-refractivity contribution in [3.05, 3.63) is 53.7 Å². The van der Waals surface area contributed by atoms with Gasteiger partial charge in [0.25, 0.3) is 5.91 Å². The summed E-state index contributed by atoms with van der Waals surface area (Å²) in [5.41, 5.74) is 1.72. The summed E-state index contributed by atoms with van der Waals surface area (Å²) in [6, 6.07) is 12.1. The number of ether oxygens (including phenoxy) is 1. The largest absolute Gasteiger partial charge is 0.497 e. The van der Waals surface area contributed by atoms with Crippen molar-refractivity contribution in [2.24, 2.45) is 0 Å². The van der Waals surface area contributed by atoms with Gasteiger partial charge in [0.05, 0.1) is 12.7 Å². The van der Waals surface area contributed by atoms with Crippen LogP contribution in [0.15, 0.2) is 42.6 Å². The summed E-state index contributed by atoms with van der Waals surface area (Å²) in [4.78, 5) is 16.7. The molecule has 1 saturated carbocycles. The van der Waals surface area contributed by atoms with Gasteiger partial charge in [-0.2, -0.15) is 0 Å². The number of nitrogens with zero attached hydrogens (tertiary/aromatic N) is 1. The first-order valence-electron chi connectivity index (χ1n) is 9.88. The summed E-state index contributed by atoms with van der Waals surface area (Å²) >= 11 is 0. The highest BCUT2D eigenvalue weighted by atomic mass is 16.5. The van der Waals surface area contributed by atoms with E-state index >= 15 is 0 Å².